The highest BCUT2D eigenvalue weighted by Gasteiger charge is 2.25. The zero-order valence-corrected chi connectivity index (χ0v) is 15.1. The molecule has 4 rings (SSSR count). The fraction of sp³-hybridized carbons (Fsp3) is 0.250. The summed E-state index contributed by atoms with van der Waals surface area (Å²) in [4.78, 5) is 0. The van der Waals surface area contributed by atoms with Crippen molar-refractivity contribution >= 4 is 5.82 Å². The molecule has 0 bridgehead atoms. The maximum atomic E-state index is 5.52. The monoisotopic (exact) mass is 351 g/mol. The number of methoxy groups -OCH3 is 3. The molecule has 6 nitrogen and oxygen atoms in total. The Kier molecular flexibility index (Phi) is 4.16. The van der Waals surface area contributed by atoms with Crippen LogP contribution in [0.1, 0.15) is 5.56 Å². The fourth-order valence-electron chi connectivity index (χ4n) is 3.37. The van der Waals surface area contributed by atoms with E-state index in [4.69, 9.17) is 19.3 Å². The number of nitrogens with one attached hydrogen (secondary N) is 1. The minimum absolute atomic E-state index is 0.691. The molecule has 0 spiro atoms. The number of rotatable bonds is 5. The van der Waals surface area contributed by atoms with Gasteiger partial charge in [-0.1, -0.05) is 12.1 Å². The molecule has 26 heavy (non-hydrogen) atoms. The molecular weight excluding hydrogens is 330 g/mol. The summed E-state index contributed by atoms with van der Waals surface area (Å²) in [6.07, 6.45) is 0.925. The lowest BCUT2D eigenvalue weighted by atomic mass is 10.1. The number of hydrogen-bond donors (Lipinski definition) is 1. The zero-order chi connectivity index (χ0) is 18.1. The third-order valence-corrected chi connectivity index (χ3v) is 4.62. The SMILES string of the molecule is COc1ccc(-c2nn(-c3ccccc3OC)c3c2CCN3)cc1OC. The summed E-state index contributed by atoms with van der Waals surface area (Å²) in [7, 11) is 4.95. The van der Waals surface area contributed by atoms with Crippen molar-refractivity contribution in [3.63, 3.8) is 0 Å². The van der Waals surface area contributed by atoms with Gasteiger partial charge in [0.25, 0.3) is 0 Å². The Morgan fingerprint density at radius 1 is 0.923 bits per heavy atom. The maximum absolute atomic E-state index is 5.52. The van der Waals surface area contributed by atoms with E-state index in [1.807, 2.05) is 47.1 Å². The lowest BCUT2D eigenvalue weighted by Gasteiger charge is -2.11. The van der Waals surface area contributed by atoms with E-state index >= 15 is 0 Å². The molecule has 1 aliphatic rings. The molecule has 2 aromatic carbocycles. The number of ether oxygens (including phenoxy) is 3. The van der Waals surface area contributed by atoms with Crippen LogP contribution < -0.4 is 19.5 Å². The van der Waals surface area contributed by atoms with E-state index in [-0.39, 0.29) is 0 Å². The molecule has 1 aliphatic heterocycles. The van der Waals surface area contributed by atoms with Crippen molar-refractivity contribution in [1.29, 1.82) is 0 Å². The number of para-hydroxylation sites is 2. The minimum Gasteiger partial charge on any atom is -0.494 e. The van der Waals surface area contributed by atoms with Gasteiger partial charge in [-0.15, -0.1) is 0 Å². The van der Waals surface area contributed by atoms with Crippen LogP contribution in [0.15, 0.2) is 42.5 Å². The summed E-state index contributed by atoms with van der Waals surface area (Å²) in [5.74, 6) is 3.19. The molecular formula is C20H21N3O3. The van der Waals surface area contributed by atoms with Crippen LogP contribution in [-0.4, -0.2) is 37.7 Å². The first-order valence-electron chi connectivity index (χ1n) is 8.48. The summed E-state index contributed by atoms with van der Waals surface area (Å²) in [6.45, 7) is 0.891. The number of nitrogens with zero attached hydrogens (tertiary/aromatic N) is 2. The third-order valence-electron chi connectivity index (χ3n) is 4.62. The van der Waals surface area contributed by atoms with Crippen LogP contribution in [0.2, 0.25) is 0 Å². The molecule has 134 valence electrons. The van der Waals surface area contributed by atoms with Crippen LogP contribution in [0.5, 0.6) is 17.2 Å². The number of hydrogen-bond acceptors (Lipinski definition) is 5. The van der Waals surface area contributed by atoms with Crippen molar-refractivity contribution in [3.05, 3.63) is 48.0 Å². The largest absolute Gasteiger partial charge is 0.494 e. The molecule has 0 unspecified atom stereocenters. The van der Waals surface area contributed by atoms with E-state index in [1.54, 1.807) is 21.3 Å². The molecule has 0 atom stereocenters. The quantitative estimate of drug-likeness (QED) is 0.762. The first-order valence-corrected chi connectivity index (χ1v) is 8.48. The summed E-state index contributed by atoms with van der Waals surface area (Å²) < 4.78 is 18.2. The molecule has 1 aromatic heterocycles. The van der Waals surface area contributed by atoms with Gasteiger partial charge in [-0.05, 0) is 36.8 Å². The second-order valence-corrected chi connectivity index (χ2v) is 6.01. The minimum atomic E-state index is 0.691. The Morgan fingerprint density at radius 2 is 1.69 bits per heavy atom. The molecule has 0 radical (unpaired) electrons. The van der Waals surface area contributed by atoms with Gasteiger partial charge >= 0.3 is 0 Å². The van der Waals surface area contributed by atoms with Gasteiger partial charge in [0.2, 0.25) is 0 Å². The first-order chi connectivity index (χ1) is 12.8. The van der Waals surface area contributed by atoms with Crippen molar-refractivity contribution in [2.75, 3.05) is 33.2 Å². The Hall–Kier alpha value is -3.15. The molecule has 0 aliphatic carbocycles. The average Bonchev–Trinajstić information content (AvgIpc) is 3.30. The van der Waals surface area contributed by atoms with Crippen LogP contribution >= 0.6 is 0 Å². The van der Waals surface area contributed by atoms with Gasteiger partial charge < -0.3 is 19.5 Å². The topological polar surface area (TPSA) is 57.5 Å². The number of anilines is 1. The van der Waals surface area contributed by atoms with E-state index in [0.717, 1.165) is 41.5 Å². The highest BCUT2D eigenvalue weighted by Crippen LogP contribution is 2.39. The smallest absolute Gasteiger partial charge is 0.161 e. The molecule has 0 amide bonds. The molecule has 6 heteroatoms. The van der Waals surface area contributed by atoms with Crippen LogP contribution in [0.25, 0.3) is 16.9 Å². The Bertz CT molecular complexity index is 949. The summed E-state index contributed by atoms with van der Waals surface area (Å²) in [5, 5.41) is 8.34. The number of aromatic nitrogens is 2. The van der Waals surface area contributed by atoms with E-state index in [2.05, 4.69) is 5.32 Å². The van der Waals surface area contributed by atoms with Crippen molar-refractivity contribution in [3.8, 4) is 34.2 Å². The standard InChI is InChI=1S/C20H21N3O3/c1-24-16-7-5-4-6-15(16)23-20-14(10-11-21-20)19(22-23)13-8-9-17(25-2)18(12-13)26-3/h4-9,12,21H,10-11H2,1-3H3. The van der Waals surface area contributed by atoms with Gasteiger partial charge in [-0.2, -0.15) is 5.10 Å². The van der Waals surface area contributed by atoms with Crippen LogP contribution in [0.4, 0.5) is 5.82 Å². The van der Waals surface area contributed by atoms with Gasteiger partial charge in [0.05, 0.1) is 27.0 Å². The van der Waals surface area contributed by atoms with Gasteiger partial charge in [0.15, 0.2) is 11.5 Å². The molecule has 0 saturated carbocycles. The normalized spacial score (nSPS) is 12.4. The predicted octanol–water partition coefficient (Wildman–Crippen LogP) is 3.53. The Labute approximate surface area is 152 Å². The van der Waals surface area contributed by atoms with Crippen LogP contribution in [0, 0.1) is 0 Å². The lowest BCUT2D eigenvalue weighted by molar-refractivity contribution is 0.355. The lowest BCUT2D eigenvalue weighted by Crippen LogP contribution is -2.05. The van der Waals surface area contributed by atoms with E-state index in [1.165, 1.54) is 5.56 Å². The maximum Gasteiger partial charge on any atom is 0.161 e. The molecule has 0 saturated heterocycles. The fourth-order valence-corrected chi connectivity index (χ4v) is 3.37. The second kappa shape index (κ2) is 6.63. The van der Waals surface area contributed by atoms with Crippen LogP contribution in [0.3, 0.4) is 0 Å². The molecule has 3 aromatic rings. The van der Waals surface area contributed by atoms with Crippen LogP contribution in [-0.2, 0) is 6.42 Å². The summed E-state index contributed by atoms with van der Waals surface area (Å²) >= 11 is 0. The van der Waals surface area contributed by atoms with Gasteiger partial charge in [-0.3, -0.25) is 0 Å². The van der Waals surface area contributed by atoms with Gasteiger partial charge in [0.1, 0.15) is 17.3 Å². The third kappa shape index (κ3) is 2.54. The van der Waals surface area contributed by atoms with Gasteiger partial charge in [0, 0.05) is 17.7 Å². The molecule has 2 heterocycles. The molecule has 1 N–H and O–H groups in total. The average molecular weight is 351 g/mol. The van der Waals surface area contributed by atoms with Crippen molar-refractivity contribution in [2.45, 2.75) is 6.42 Å². The van der Waals surface area contributed by atoms with E-state index in [9.17, 15) is 0 Å². The van der Waals surface area contributed by atoms with E-state index in [0.29, 0.717) is 11.5 Å². The van der Waals surface area contributed by atoms with Crippen molar-refractivity contribution < 1.29 is 14.2 Å². The van der Waals surface area contributed by atoms with E-state index < -0.39 is 0 Å². The Balaban J connectivity index is 1.87. The second-order valence-electron chi connectivity index (χ2n) is 6.01. The van der Waals surface area contributed by atoms with Crippen molar-refractivity contribution in [1.82, 2.24) is 9.78 Å². The highest BCUT2D eigenvalue weighted by molar-refractivity contribution is 5.75. The molecule has 0 fully saturated rings. The summed E-state index contributed by atoms with van der Waals surface area (Å²) in [6, 6.07) is 13.8. The van der Waals surface area contributed by atoms with Crippen molar-refractivity contribution in [2.24, 2.45) is 0 Å². The Morgan fingerprint density at radius 3 is 2.46 bits per heavy atom. The number of fused-ring (bicyclic) bond motifs is 1. The zero-order valence-electron chi connectivity index (χ0n) is 15.1. The van der Waals surface area contributed by atoms with Gasteiger partial charge in [-0.25, -0.2) is 4.68 Å². The first kappa shape index (κ1) is 16.3. The highest BCUT2D eigenvalue weighted by atomic mass is 16.5. The predicted molar refractivity (Wildman–Crippen MR) is 101 cm³/mol. The summed E-state index contributed by atoms with van der Waals surface area (Å²) in [5.41, 5.74) is 4.05. The number of benzene rings is 2.